The largest absolute Gasteiger partial charge is 0.376 e. The van der Waals surface area contributed by atoms with Gasteiger partial charge in [0, 0.05) is 38.0 Å². The first-order valence-electron chi connectivity index (χ1n) is 7.73. The number of hydrogen-bond donors (Lipinski definition) is 1. The van der Waals surface area contributed by atoms with Gasteiger partial charge >= 0.3 is 0 Å². The summed E-state index contributed by atoms with van der Waals surface area (Å²) in [6.45, 7) is 1.36. The summed E-state index contributed by atoms with van der Waals surface area (Å²) in [5.74, 6) is -0.141. The molecule has 7 nitrogen and oxygen atoms in total. The monoisotopic (exact) mass is 339 g/mol. The van der Waals surface area contributed by atoms with Crippen LogP contribution in [0, 0.1) is 5.92 Å². The fourth-order valence-electron chi connectivity index (χ4n) is 3.31. The van der Waals surface area contributed by atoms with Gasteiger partial charge in [0.15, 0.2) is 0 Å². The van der Waals surface area contributed by atoms with Crippen LogP contribution in [0.1, 0.15) is 23.2 Å². The van der Waals surface area contributed by atoms with Gasteiger partial charge in [-0.25, -0.2) is 8.42 Å². The van der Waals surface area contributed by atoms with Gasteiger partial charge in [-0.05, 0) is 25.0 Å². The quantitative estimate of drug-likeness (QED) is 0.853. The van der Waals surface area contributed by atoms with Gasteiger partial charge in [0.2, 0.25) is 10.0 Å². The summed E-state index contributed by atoms with van der Waals surface area (Å²) in [6, 6.07) is 3.02. The molecule has 1 aromatic heterocycles. The molecule has 126 valence electrons. The van der Waals surface area contributed by atoms with Crippen molar-refractivity contribution in [1.82, 2.24) is 14.6 Å². The number of ether oxygens (including phenoxy) is 1. The van der Waals surface area contributed by atoms with Crippen LogP contribution in [0.15, 0.2) is 24.5 Å². The summed E-state index contributed by atoms with van der Waals surface area (Å²) >= 11 is 0. The Morgan fingerprint density at radius 1 is 1.43 bits per heavy atom. The van der Waals surface area contributed by atoms with E-state index in [0.29, 0.717) is 18.7 Å². The third-order valence-corrected chi connectivity index (χ3v) is 5.67. The van der Waals surface area contributed by atoms with Gasteiger partial charge in [0.25, 0.3) is 5.91 Å². The van der Waals surface area contributed by atoms with Crippen LogP contribution >= 0.6 is 0 Å². The van der Waals surface area contributed by atoms with E-state index in [9.17, 15) is 13.2 Å². The number of amides is 1. The average Bonchev–Trinajstić information content (AvgIpc) is 2.54. The summed E-state index contributed by atoms with van der Waals surface area (Å²) in [6.07, 6.45) is 5.99. The Bertz CT molecular complexity index is 665. The number of piperidine rings is 1. The maximum Gasteiger partial charge on any atom is 0.253 e. The lowest BCUT2D eigenvalue weighted by Crippen LogP contribution is -2.61. The molecule has 2 fully saturated rings. The molecule has 0 aliphatic carbocycles. The molecule has 1 N–H and O–H groups in total. The van der Waals surface area contributed by atoms with Gasteiger partial charge in [0.05, 0.1) is 24.0 Å². The minimum absolute atomic E-state index is 0.117. The van der Waals surface area contributed by atoms with E-state index in [1.807, 2.05) is 0 Å². The number of rotatable bonds is 3. The molecular formula is C15H21N3O4S. The summed E-state index contributed by atoms with van der Waals surface area (Å²) in [7, 11) is -3.30. The van der Waals surface area contributed by atoms with Crippen LogP contribution in [0.5, 0.6) is 0 Å². The number of hydrogen-bond acceptors (Lipinski definition) is 5. The maximum atomic E-state index is 12.4. The highest BCUT2D eigenvalue weighted by molar-refractivity contribution is 7.88. The first-order valence-corrected chi connectivity index (χ1v) is 9.57. The van der Waals surface area contributed by atoms with Crippen molar-refractivity contribution in [2.45, 2.75) is 25.0 Å². The molecule has 0 bridgehead atoms. The predicted octanol–water partition coefficient (Wildman–Crippen LogP) is 0.250. The van der Waals surface area contributed by atoms with E-state index in [0.717, 1.165) is 12.8 Å². The van der Waals surface area contributed by atoms with Crippen molar-refractivity contribution in [2.75, 3.05) is 26.0 Å². The van der Waals surface area contributed by atoms with Gasteiger partial charge in [-0.1, -0.05) is 0 Å². The van der Waals surface area contributed by atoms with Crippen molar-refractivity contribution in [1.29, 1.82) is 0 Å². The number of fused-ring (bicyclic) bond motifs is 1. The van der Waals surface area contributed by atoms with Crippen LogP contribution in [0.2, 0.25) is 0 Å². The molecule has 0 aromatic carbocycles. The van der Waals surface area contributed by atoms with Gasteiger partial charge in [-0.2, -0.15) is 4.31 Å². The van der Waals surface area contributed by atoms with E-state index >= 15 is 0 Å². The zero-order valence-corrected chi connectivity index (χ0v) is 13.8. The minimum Gasteiger partial charge on any atom is -0.376 e. The topological polar surface area (TPSA) is 88.6 Å². The first kappa shape index (κ1) is 16.4. The Kier molecular flexibility index (Phi) is 4.65. The summed E-state index contributed by atoms with van der Waals surface area (Å²) in [4.78, 5) is 16.3. The molecule has 1 amide bonds. The molecule has 0 spiro atoms. The van der Waals surface area contributed by atoms with Crippen LogP contribution in [0.3, 0.4) is 0 Å². The molecule has 0 unspecified atom stereocenters. The molecule has 3 heterocycles. The number of pyridine rings is 1. The molecule has 2 aliphatic rings. The second-order valence-corrected chi connectivity index (χ2v) is 8.12. The highest BCUT2D eigenvalue weighted by Gasteiger charge is 2.42. The Hall–Kier alpha value is -1.51. The molecule has 0 radical (unpaired) electrons. The van der Waals surface area contributed by atoms with E-state index < -0.39 is 10.0 Å². The molecular weight excluding hydrogens is 318 g/mol. The summed E-state index contributed by atoms with van der Waals surface area (Å²) in [5.41, 5.74) is 0.455. The average molecular weight is 339 g/mol. The lowest BCUT2D eigenvalue weighted by Gasteiger charge is -2.45. The van der Waals surface area contributed by atoms with E-state index in [-0.39, 0.29) is 30.5 Å². The van der Waals surface area contributed by atoms with Gasteiger partial charge in [0.1, 0.15) is 0 Å². The summed E-state index contributed by atoms with van der Waals surface area (Å²) in [5, 5.41) is 2.93. The number of carbonyl (C=O) groups is 1. The van der Waals surface area contributed by atoms with Gasteiger partial charge in [-0.3, -0.25) is 9.78 Å². The second kappa shape index (κ2) is 6.54. The number of sulfonamides is 1. The summed E-state index contributed by atoms with van der Waals surface area (Å²) < 4.78 is 31.1. The normalized spacial score (nSPS) is 28.8. The second-order valence-electron chi connectivity index (χ2n) is 6.14. The molecule has 8 heteroatoms. The van der Waals surface area contributed by atoms with E-state index in [1.54, 1.807) is 18.3 Å². The highest BCUT2D eigenvalue weighted by Crippen LogP contribution is 2.29. The molecule has 3 atom stereocenters. The molecule has 2 aliphatic heterocycles. The van der Waals surface area contributed by atoms with Crippen LogP contribution < -0.4 is 5.32 Å². The minimum atomic E-state index is -3.30. The van der Waals surface area contributed by atoms with E-state index in [1.165, 1.54) is 16.8 Å². The van der Waals surface area contributed by atoms with Gasteiger partial charge < -0.3 is 10.1 Å². The van der Waals surface area contributed by atoms with Crippen LogP contribution in [0.25, 0.3) is 0 Å². The van der Waals surface area contributed by atoms with Crippen molar-refractivity contribution < 1.29 is 17.9 Å². The van der Waals surface area contributed by atoms with Crippen LogP contribution in [0.4, 0.5) is 0 Å². The van der Waals surface area contributed by atoms with E-state index in [4.69, 9.17) is 4.74 Å². The zero-order valence-electron chi connectivity index (χ0n) is 13.0. The maximum absolute atomic E-state index is 12.4. The molecule has 23 heavy (non-hydrogen) atoms. The lowest BCUT2D eigenvalue weighted by atomic mass is 9.86. The van der Waals surface area contributed by atoms with E-state index in [2.05, 4.69) is 10.3 Å². The Morgan fingerprint density at radius 3 is 2.96 bits per heavy atom. The standard InChI is InChI=1S/C15H21N3O4S/c1-23(20,21)18-9-12-5-3-7-22-14(12)13(10-18)17-15(19)11-4-2-6-16-8-11/h2,4,6,8,12-14H,3,5,7,9-10H2,1H3,(H,17,19)/t12-,13+,14-/m0/s1. The number of carbonyl (C=O) groups excluding carboxylic acids is 1. The third kappa shape index (κ3) is 3.70. The van der Waals surface area contributed by atoms with Crippen molar-refractivity contribution >= 4 is 15.9 Å². The number of aromatic nitrogens is 1. The van der Waals surface area contributed by atoms with Crippen molar-refractivity contribution in [3.63, 3.8) is 0 Å². The SMILES string of the molecule is CS(=O)(=O)N1C[C@@H]2CCCO[C@@H]2[C@H](NC(=O)c2cccnc2)C1. The number of nitrogens with one attached hydrogen (secondary N) is 1. The van der Waals surface area contributed by atoms with Gasteiger partial charge in [-0.15, -0.1) is 0 Å². The molecule has 1 aromatic rings. The molecule has 0 saturated carbocycles. The Morgan fingerprint density at radius 2 is 2.26 bits per heavy atom. The van der Waals surface area contributed by atoms with Crippen molar-refractivity contribution in [3.8, 4) is 0 Å². The van der Waals surface area contributed by atoms with Crippen LogP contribution in [-0.2, 0) is 14.8 Å². The highest BCUT2D eigenvalue weighted by atomic mass is 32.2. The zero-order chi connectivity index (χ0) is 16.4. The van der Waals surface area contributed by atoms with Crippen molar-refractivity contribution in [2.24, 2.45) is 5.92 Å². The Balaban J connectivity index is 1.78. The Labute approximate surface area is 136 Å². The molecule has 3 rings (SSSR count). The third-order valence-electron chi connectivity index (χ3n) is 4.44. The van der Waals surface area contributed by atoms with Crippen LogP contribution in [-0.4, -0.2) is 61.7 Å². The first-order chi connectivity index (χ1) is 10.9. The predicted molar refractivity (Wildman–Crippen MR) is 84.4 cm³/mol. The molecule has 2 saturated heterocycles. The van der Waals surface area contributed by atoms with Crippen molar-refractivity contribution in [3.05, 3.63) is 30.1 Å². The lowest BCUT2D eigenvalue weighted by molar-refractivity contribution is -0.0704. The fraction of sp³-hybridized carbons (Fsp3) is 0.600. The number of nitrogens with zero attached hydrogens (tertiary/aromatic N) is 2. The fourth-order valence-corrected chi connectivity index (χ4v) is 4.21. The smallest absolute Gasteiger partial charge is 0.253 e.